The summed E-state index contributed by atoms with van der Waals surface area (Å²) in [6.45, 7) is 0.802. The van der Waals surface area contributed by atoms with Gasteiger partial charge in [0, 0.05) is 6.54 Å². The molecule has 1 atom stereocenters. The van der Waals surface area contributed by atoms with Gasteiger partial charge in [0.1, 0.15) is 11.9 Å². The first-order chi connectivity index (χ1) is 6.77. The normalized spacial score (nSPS) is 20.3. The van der Waals surface area contributed by atoms with E-state index < -0.39 is 6.10 Å². The van der Waals surface area contributed by atoms with Gasteiger partial charge >= 0.3 is 0 Å². The Morgan fingerprint density at radius 2 is 2.36 bits per heavy atom. The first-order valence-electron chi connectivity index (χ1n) is 4.60. The summed E-state index contributed by atoms with van der Waals surface area (Å²) >= 11 is 6.09. The molecule has 0 amide bonds. The molecule has 1 aromatic heterocycles. The Kier molecular flexibility index (Phi) is 1.60. The molecule has 0 saturated heterocycles. The predicted molar refractivity (Wildman–Crippen MR) is 54.3 cm³/mol. The fourth-order valence-electron chi connectivity index (χ4n) is 2.02. The monoisotopic (exact) mass is 208 g/mol. The number of fused-ring (bicyclic) bond motifs is 3. The Bertz CT molecular complexity index is 506. The van der Waals surface area contributed by atoms with Gasteiger partial charge in [-0.25, -0.2) is 4.98 Å². The molecule has 0 radical (unpaired) electrons. The lowest BCUT2D eigenvalue weighted by Crippen LogP contribution is -1.93. The molecule has 14 heavy (non-hydrogen) atoms. The molecule has 1 aliphatic rings. The van der Waals surface area contributed by atoms with Crippen LogP contribution >= 0.6 is 11.6 Å². The molecular weight excluding hydrogens is 200 g/mol. The van der Waals surface area contributed by atoms with Crippen LogP contribution in [0.5, 0.6) is 0 Å². The minimum absolute atomic E-state index is 0.432. The van der Waals surface area contributed by atoms with Crippen molar-refractivity contribution in [2.24, 2.45) is 0 Å². The number of benzene rings is 1. The average molecular weight is 209 g/mol. The van der Waals surface area contributed by atoms with Gasteiger partial charge in [-0.1, -0.05) is 17.7 Å². The van der Waals surface area contributed by atoms with Gasteiger partial charge in [0.2, 0.25) is 0 Å². The highest BCUT2D eigenvalue weighted by atomic mass is 35.5. The maximum atomic E-state index is 9.65. The summed E-state index contributed by atoms with van der Waals surface area (Å²) in [5.74, 6) is 0.744. The second kappa shape index (κ2) is 2.72. The summed E-state index contributed by atoms with van der Waals surface area (Å²) in [5.41, 5.74) is 1.81. The highest BCUT2D eigenvalue weighted by molar-refractivity contribution is 6.35. The molecule has 1 N–H and O–H groups in total. The largest absolute Gasteiger partial charge is 0.385 e. The number of aryl methyl sites for hydroxylation is 1. The Labute approximate surface area is 85.9 Å². The second-order valence-corrected chi connectivity index (χ2v) is 3.94. The fourth-order valence-corrected chi connectivity index (χ4v) is 2.29. The van der Waals surface area contributed by atoms with E-state index in [1.807, 2.05) is 22.8 Å². The molecule has 1 unspecified atom stereocenters. The van der Waals surface area contributed by atoms with Crippen LogP contribution in [0.15, 0.2) is 18.2 Å². The lowest BCUT2D eigenvalue weighted by Gasteiger charge is -1.99. The Balaban J connectivity index is 2.41. The maximum absolute atomic E-state index is 9.65. The fraction of sp³-hybridized carbons (Fsp3) is 0.300. The SMILES string of the molecule is OC1CCn2c1nc1cccc(Cl)c12. The summed E-state index contributed by atoms with van der Waals surface area (Å²) in [7, 11) is 0. The topological polar surface area (TPSA) is 38.0 Å². The van der Waals surface area contributed by atoms with Gasteiger partial charge in [-0.05, 0) is 18.6 Å². The summed E-state index contributed by atoms with van der Waals surface area (Å²) in [6, 6.07) is 5.64. The third-order valence-corrected chi connectivity index (χ3v) is 2.98. The maximum Gasteiger partial charge on any atom is 0.138 e. The molecule has 0 saturated carbocycles. The van der Waals surface area contributed by atoms with Gasteiger partial charge < -0.3 is 9.67 Å². The number of rotatable bonds is 0. The number of nitrogens with zero attached hydrogens (tertiary/aromatic N) is 2. The Morgan fingerprint density at radius 1 is 1.50 bits per heavy atom. The zero-order chi connectivity index (χ0) is 9.71. The molecule has 3 rings (SSSR count). The van der Waals surface area contributed by atoms with E-state index in [2.05, 4.69) is 4.98 Å². The van der Waals surface area contributed by atoms with Crippen LogP contribution in [0.4, 0.5) is 0 Å². The zero-order valence-electron chi connectivity index (χ0n) is 7.44. The van der Waals surface area contributed by atoms with Crippen molar-refractivity contribution in [2.45, 2.75) is 19.1 Å². The van der Waals surface area contributed by atoms with E-state index in [0.717, 1.165) is 29.8 Å². The van der Waals surface area contributed by atoms with Crippen molar-refractivity contribution in [2.75, 3.05) is 0 Å². The predicted octanol–water partition coefficient (Wildman–Crippen LogP) is 2.13. The van der Waals surface area contributed by atoms with Crippen molar-refractivity contribution in [1.29, 1.82) is 0 Å². The highest BCUT2D eigenvalue weighted by Crippen LogP contribution is 2.32. The number of aromatic nitrogens is 2. The van der Waals surface area contributed by atoms with E-state index in [1.54, 1.807) is 0 Å². The third-order valence-electron chi connectivity index (χ3n) is 2.67. The van der Waals surface area contributed by atoms with Crippen LogP contribution in [-0.2, 0) is 6.54 Å². The van der Waals surface area contributed by atoms with Crippen molar-refractivity contribution in [3.8, 4) is 0 Å². The van der Waals surface area contributed by atoms with Crippen molar-refractivity contribution >= 4 is 22.6 Å². The number of hydrogen-bond donors (Lipinski definition) is 1. The molecule has 4 heteroatoms. The number of halogens is 1. The highest BCUT2D eigenvalue weighted by Gasteiger charge is 2.25. The van der Waals surface area contributed by atoms with Crippen LogP contribution in [0.1, 0.15) is 18.3 Å². The van der Waals surface area contributed by atoms with E-state index >= 15 is 0 Å². The van der Waals surface area contributed by atoms with E-state index in [9.17, 15) is 5.11 Å². The van der Waals surface area contributed by atoms with Gasteiger partial charge in [0.05, 0.1) is 16.1 Å². The summed E-state index contributed by atoms with van der Waals surface area (Å²) in [5, 5.41) is 10.4. The third kappa shape index (κ3) is 0.938. The van der Waals surface area contributed by atoms with Crippen molar-refractivity contribution < 1.29 is 5.11 Å². The minimum Gasteiger partial charge on any atom is -0.385 e. The lowest BCUT2D eigenvalue weighted by molar-refractivity contribution is 0.176. The first-order valence-corrected chi connectivity index (χ1v) is 4.98. The molecule has 0 bridgehead atoms. The molecule has 3 nitrogen and oxygen atoms in total. The smallest absolute Gasteiger partial charge is 0.138 e. The number of hydrogen-bond acceptors (Lipinski definition) is 2. The molecule has 72 valence electrons. The van der Waals surface area contributed by atoms with Crippen molar-refractivity contribution in [3.05, 3.63) is 29.0 Å². The molecule has 1 aromatic carbocycles. The molecular formula is C10H9ClN2O. The van der Waals surface area contributed by atoms with Gasteiger partial charge in [-0.3, -0.25) is 0 Å². The summed E-state index contributed by atoms with van der Waals surface area (Å²) in [6.07, 6.45) is 0.308. The summed E-state index contributed by atoms with van der Waals surface area (Å²) < 4.78 is 2.00. The van der Waals surface area contributed by atoms with Gasteiger partial charge in [0.25, 0.3) is 0 Å². The second-order valence-electron chi connectivity index (χ2n) is 3.53. The van der Waals surface area contributed by atoms with Crippen LogP contribution < -0.4 is 0 Å². The van der Waals surface area contributed by atoms with Gasteiger partial charge in [-0.15, -0.1) is 0 Å². The quantitative estimate of drug-likeness (QED) is 0.720. The number of aliphatic hydroxyl groups is 1. The van der Waals surface area contributed by atoms with Crippen LogP contribution in [0.3, 0.4) is 0 Å². The van der Waals surface area contributed by atoms with E-state index in [-0.39, 0.29) is 0 Å². The van der Waals surface area contributed by atoms with Crippen LogP contribution in [0.25, 0.3) is 11.0 Å². The van der Waals surface area contributed by atoms with Crippen molar-refractivity contribution in [1.82, 2.24) is 9.55 Å². The average Bonchev–Trinajstić information content (AvgIpc) is 2.68. The van der Waals surface area contributed by atoms with E-state index in [1.165, 1.54) is 0 Å². The molecule has 0 aliphatic carbocycles. The standard InChI is InChI=1S/C10H9ClN2O/c11-6-2-1-3-7-9(6)13-5-4-8(14)10(13)12-7/h1-3,8,14H,4-5H2. The number of imidazole rings is 1. The van der Waals surface area contributed by atoms with E-state index in [4.69, 9.17) is 11.6 Å². The number of aliphatic hydroxyl groups excluding tert-OH is 1. The van der Waals surface area contributed by atoms with Gasteiger partial charge in [0.15, 0.2) is 0 Å². The molecule has 2 aromatic rings. The van der Waals surface area contributed by atoms with Gasteiger partial charge in [-0.2, -0.15) is 0 Å². The number of para-hydroxylation sites is 1. The van der Waals surface area contributed by atoms with Crippen LogP contribution in [0, 0.1) is 0 Å². The molecule has 0 fully saturated rings. The molecule has 2 heterocycles. The Morgan fingerprint density at radius 3 is 3.21 bits per heavy atom. The summed E-state index contributed by atoms with van der Waals surface area (Å²) in [4.78, 5) is 4.36. The van der Waals surface area contributed by atoms with Crippen LogP contribution in [0.2, 0.25) is 5.02 Å². The van der Waals surface area contributed by atoms with E-state index in [0.29, 0.717) is 5.02 Å². The Hall–Kier alpha value is -1.06. The molecule has 0 spiro atoms. The lowest BCUT2D eigenvalue weighted by atomic mass is 10.3. The first kappa shape index (κ1) is 8.26. The zero-order valence-corrected chi connectivity index (χ0v) is 8.20. The van der Waals surface area contributed by atoms with Crippen molar-refractivity contribution in [3.63, 3.8) is 0 Å². The van der Waals surface area contributed by atoms with Crippen LogP contribution in [-0.4, -0.2) is 14.7 Å². The minimum atomic E-state index is -0.432. The molecule has 1 aliphatic heterocycles.